The van der Waals surface area contributed by atoms with Gasteiger partial charge in [-0.3, -0.25) is 0 Å². The quantitative estimate of drug-likeness (QED) is 0.121. The molecule has 184 valence electrons. The average molecular weight is 582 g/mol. The van der Waals surface area contributed by atoms with Crippen LogP contribution >= 0.6 is 5.51 Å². The molecule has 0 amide bonds. The van der Waals surface area contributed by atoms with Crippen molar-refractivity contribution in [1.29, 1.82) is 0 Å². The number of imidazole rings is 1. The van der Waals surface area contributed by atoms with Crippen molar-refractivity contribution in [2.45, 2.75) is 0 Å². The first-order chi connectivity index (χ1) is 19.2. The molecular formula is C35H23N2PSe. The van der Waals surface area contributed by atoms with E-state index in [1.54, 1.807) is 0 Å². The third-order valence-electron chi connectivity index (χ3n) is 7.83. The van der Waals surface area contributed by atoms with Gasteiger partial charge in [0.25, 0.3) is 0 Å². The van der Waals surface area contributed by atoms with Crippen molar-refractivity contribution in [2.24, 2.45) is 0 Å². The summed E-state index contributed by atoms with van der Waals surface area (Å²) in [6.07, 6.45) is 0. The van der Waals surface area contributed by atoms with E-state index in [1.807, 2.05) is 0 Å². The molecule has 2 heterocycles. The van der Waals surface area contributed by atoms with E-state index in [9.17, 15) is 0 Å². The van der Waals surface area contributed by atoms with Gasteiger partial charge in [-0.2, -0.15) is 0 Å². The van der Waals surface area contributed by atoms with Crippen LogP contribution in [0.15, 0.2) is 140 Å². The van der Waals surface area contributed by atoms with Gasteiger partial charge >= 0.3 is 235 Å². The minimum atomic E-state index is -2.00. The molecule has 2 aromatic heterocycles. The number of hydrogen-bond donors (Lipinski definition) is 0. The minimum absolute atomic E-state index is 1.01. The van der Waals surface area contributed by atoms with Crippen molar-refractivity contribution in [3.05, 3.63) is 140 Å². The number of fused-ring (bicyclic) bond motifs is 10. The summed E-state index contributed by atoms with van der Waals surface area (Å²) in [4.78, 5) is 5.28. The zero-order valence-corrected chi connectivity index (χ0v) is 23.6. The van der Waals surface area contributed by atoms with Crippen molar-refractivity contribution in [1.82, 2.24) is 9.38 Å². The predicted molar refractivity (Wildman–Crippen MR) is 170 cm³/mol. The Morgan fingerprint density at radius 2 is 1.15 bits per heavy atom. The van der Waals surface area contributed by atoms with Crippen molar-refractivity contribution in [3.63, 3.8) is 0 Å². The summed E-state index contributed by atoms with van der Waals surface area (Å²) in [5.41, 5.74) is 2.34. The second-order valence-corrected chi connectivity index (χ2v) is 16.2. The van der Waals surface area contributed by atoms with Gasteiger partial charge in [-0.25, -0.2) is 0 Å². The number of benzene rings is 6. The van der Waals surface area contributed by atoms with Gasteiger partial charge in [0.2, 0.25) is 0 Å². The van der Waals surface area contributed by atoms with Crippen molar-refractivity contribution in [2.75, 3.05) is 0 Å². The zero-order valence-electron chi connectivity index (χ0n) is 21.0. The number of nitrogens with zero attached hydrogens (tertiary/aromatic N) is 2. The Morgan fingerprint density at radius 3 is 1.90 bits per heavy atom. The fourth-order valence-corrected chi connectivity index (χ4v) is 10.9. The van der Waals surface area contributed by atoms with E-state index in [4.69, 9.17) is 4.98 Å². The summed E-state index contributed by atoms with van der Waals surface area (Å²) >= 11 is 3.72. The number of rotatable bonds is 3. The molecule has 0 N–H and O–H groups in total. The number of para-hydroxylation sites is 1. The summed E-state index contributed by atoms with van der Waals surface area (Å²) in [5.74, 6) is 0. The van der Waals surface area contributed by atoms with Gasteiger partial charge in [0.05, 0.1) is 0 Å². The first kappa shape index (κ1) is 22.9. The van der Waals surface area contributed by atoms with Crippen molar-refractivity contribution >= 4 is 85.6 Å². The molecule has 8 rings (SSSR count). The van der Waals surface area contributed by atoms with Crippen LogP contribution in [0.25, 0.3) is 49.1 Å². The van der Waals surface area contributed by atoms with E-state index in [0.29, 0.717) is 0 Å². The molecule has 2 nitrogen and oxygen atoms in total. The average Bonchev–Trinajstić information content (AvgIpc) is 3.40. The second-order valence-electron chi connectivity index (χ2n) is 9.95. The summed E-state index contributed by atoms with van der Waals surface area (Å²) in [5, 5.41) is 10.1. The number of hydrogen-bond acceptors (Lipinski definition) is 1. The van der Waals surface area contributed by atoms with E-state index < -0.39 is 5.51 Å². The monoisotopic (exact) mass is 582 g/mol. The van der Waals surface area contributed by atoms with Crippen LogP contribution in [0.2, 0.25) is 0 Å². The van der Waals surface area contributed by atoms with Crippen LogP contribution in [-0.4, -0.2) is 24.5 Å². The molecular weight excluding hydrogens is 558 g/mol. The van der Waals surface area contributed by atoms with Crippen LogP contribution < -0.4 is 15.9 Å². The van der Waals surface area contributed by atoms with Gasteiger partial charge in [-0.15, -0.1) is 0 Å². The summed E-state index contributed by atoms with van der Waals surface area (Å²) in [6, 6.07) is 50.5. The molecule has 0 aliphatic rings. The van der Waals surface area contributed by atoms with E-state index in [2.05, 4.69) is 159 Å². The fraction of sp³-hybridized carbons (Fsp3) is 0. The third kappa shape index (κ3) is 3.35. The van der Waals surface area contributed by atoms with Gasteiger partial charge < -0.3 is 0 Å². The molecule has 0 saturated heterocycles. The molecule has 4 heteroatoms. The van der Waals surface area contributed by atoms with E-state index in [0.717, 1.165) is 16.7 Å². The molecule has 0 aliphatic carbocycles. The van der Waals surface area contributed by atoms with E-state index >= 15 is 0 Å². The Balaban J connectivity index is 1.53. The summed E-state index contributed by atoms with van der Waals surface area (Å²) in [7, 11) is 0. The maximum absolute atomic E-state index is 5.28. The Hall–Kier alpha value is -4.00. The summed E-state index contributed by atoms with van der Waals surface area (Å²) < 4.78 is 2.38. The molecule has 0 fully saturated rings. The Bertz CT molecular complexity index is 2210. The Kier molecular flexibility index (Phi) is 5.15. The normalized spacial score (nSPS) is 12.2. The van der Waals surface area contributed by atoms with Crippen molar-refractivity contribution in [3.8, 4) is 0 Å². The van der Waals surface area contributed by atoms with Crippen molar-refractivity contribution < 1.29 is 0 Å². The molecule has 0 bridgehead atoms. The van der Waals surface area contributed by atoms with Gasteiger partial charge in [0.1, 0.15) is 0 Å². The van der Waals surface area contributed by atoms with Crippen LogP contribution in [-0.2, 0) is 0 Å². The van der Waals surface area contributed by atoms with E-state index in [1.165, 1.54) is 48.4 Å². The van der Waals surface area contributed by atoms with Crippen LogP contribution in [0.5, 0.6) is 0 Å². The van der Waals surface area contributed by atoms with Gasteiger partial charge in [-0.1, -0.05) is 0 Å². The predicted octanol–water partition coefficient (Wildman–Crippen LogP) is 7.32. The van der Waals surface area contributed by atoms with Crippen LogP contribution in [0.4, 0.5) is 0 Å². The molecule has 0 unspecified atom stereocenters. The van der Waals surface area contributed by atoms with Crippen LogP contribution in [0.3, 0.4) is 0 Å². The summed E-state index contributed by atoms with van der Waals surface area (Å²) in [6.45, 7) is 0. The topological polar surface area (TPSA) is 17.3 Å². The number of pyridine rings is 1. The van der Waals surface area contributed by atoms with Gasteiger partial charge in [-0.05, 0) is 0 Å². The molecule has 39 heavy (non-hydrogen) atoms. The SMILES string of the molecule is [Se]=P(c1ccccc1)(c1ccccc1)c1ccc2nc3c4c5ccccc5ccc4c4ccccc4n3c2c1. The molecule has 0 saturated carbocycles. The van der Waals surface area contributed by atoms with Gasteiger partial charge in [0.15, 0.2) is 0 Å². The van der Waals surface area contributed by atoms with Crippen LogP contribution in [0.1, 0.15) is 0 Å². The Labute approximate surface area is 233 Å². The van der Waals surface area contributed by atoms with Gasteiger partial charge in [0, 0.05) is 0 Å². The first-order valence-electron chi connectivity index (χ1n) is 13.1. The standard InChI is InChI=1S/C35H23N2PSe/c39-38(25-12-3-1-4-13-25,26-14-5-2-6-15-26)27-20-22-31-33(23-27)37-32-18-10-9-17-29(32)30-21-19-24-11-7-8-16-28(24)34(30)35(37)36-31/h1-23H. The second kappa shape index (κ2) is 8.76. The molecule has 0 atom stereocenters. The maximum atomic E-state index is 5.28. The fourth-order valence-electron chi connectivity index (χ4n) is 6.03. The molecule has 0 aliphatic heterocycles. The molecule has 8 aromatic rings. The molecule has 0 spiro atoms. The van der Waals surface area contributed by atoms with Crippen LogP contribution in [0, 0.1) is 0 Å². The molecule has 0 radical (unpaired) electrons. The Morgan fingerprint density at radius 1 is 0.513 bits per heavy atom. The number of aromatic nitrogens is 2. The molecule has 6 aromatic carbocycles. The van der Waals surface area contributed by atoms with E-state index in [-0.39, 0.29) is 0 Å². The third-order valence-corrected chi connectivity index (χ3v) is 14.9. The zero-order chi connectivity index (χ0) is 26.0. The first-order valence-corrected chi connectivity index (χ1v) is 17.1.